The van der Waals surface area contributed by atoms with Gasteiger partial charge in [-0.3, -0.25) is 19.9 Å². The van der Waals surface area contributed by atoms with Gasteiger partial charge in [0.05, 0.1) is 23.1 Å². The number of nitrogens with two attached hydrogens (primary N) is 7. The molecular weight excluding hydrogens is 1360 g/mol. The lowest BCUT2D eigenvalue weighted by Crippen LogP contribution is -2.22. The van der Waals surface area contributed by atoms with E-state index >= 15 is 0 Å². The number of nitrogens with one attached hydrogen (secondary N) is 4. The van der Waals surface area contributed by atoms with Crippen molar-refractivity contribution < 1.29 is 17.6 Å². The summed E-state index contributed by atoms with van der Waals surface area (Å²) in [6.07, 6.45) is 20.3. The molecule has 11 aromatic rings. The van der Waals surface area contributed by atoms with Crippen LogP contribution in [0.25, 0.3) is 0 Å². The second-order valence-corrected chi connectivity index (χ2v) is 25.0. The van der Waals surface area contributed by atoms with E-state index in [0.29, 0.717) is 56.9 Å². The largest absolute Gasteiger partial charge is 0.398 e. The van der Waals surface area contributed by atoms with Gasteiger partial charge in [0.1, 0.15) is 35.4 Å². The van der Waals surface area contributed by atoms with Crippen molar-refractivity contribution in [3.05, 3.63) is 339 Å². The summed E-state index contributed by atoms with van der Waals surface area (Å²) in [6, 6.07) is 39.6. The van der Waals surface area contributed by atoms with Gasteiger partial charge in [0.2, 0.25) is 0 Å². The number of pyridine rings is 2. The third kappa shape index (κ3) is 38.7. The highest BCUT2D eigenvalue weighted by Crippen LogP contribution is 2.42. The van der Waals surface area contributed by atoms with Crippen molar-refractivity contribution in [1.82, 2.24) is 45.4 Å². The molecule has 556 valence electrons. The molecular formula is C80H102Cl2F4N16O2. The molecule has 2 aliphatic rings. The monoisotopic (exact) mass is 1460 g/mol. The zero-order valence-corrected chi connectivity index (χ0v) is 63.0. The Morgan fingerprint density at radius 2 is 1.17 bits per heavy atom. The van der Waals surface area contributed by atoms with Crippen LogP contribution in [0.5, 0.6) is 0 Å². The number of aromatic amines is 3. The Balaban J connectivity index is 0.000000387. The number of rotatable bonds is 4. The Hall–Kier alpha value is -10.2. The van der Waals surface area contributed by atoms with Crippen LogP contribution in [0.1, 0.15) is 110 Å². The third-order valence-electron chi connectivity index (χ3n) is 14.8. The number of H-pyrrole nitrogens is 3. The lowest BCUT2D eigenvalue weighted by molar-refractivity contribution is 0.601. The van der Waals surface area contributed by atoms with Gasteiger partial charge in [-0.1, -0.05) is 119 Å². The molecule has 0 radical (unpaired) electrons. The minimum absolute atomic E-state index is 0.0354. The first-order valence-electron chi connectivity index (χ1n) is 33.1. The second kappa shape index (κ2) is 49.4. The van der Waals surface area contributed by atoms with Crippen LogP contribution in [-0.2, 0) is 25.2 Å². The van der Waals surface area contributed by atoms with Crippen LogP contribution in [0.4, 0.5) is 34.8 Å². The zero-order valence-electron chi connectivity index (χ0n) is 61.5. The minimum atomic E-state index is -0.467. The molecule has 1 aliphatic heterocycles. The molecule has 6 aromatic carbocycles. The molecule has 0 saturated heterocycles. The Morgan fingerprint density at radius 3 is 1.59 bits per heavy atom. The first-order chi connectivity index (χ1) is 49.3. The predicted octanol–water partition coefficient (Wildman–Crippen LogP) is 15.5. The summed E-state index contributed by atoms with van der Waals surface area (Å²) in [4.78, 5) is 40.3. The number of benzene rings is 6. The minimum Gasteiger partial charge on any atom is -0.398 e. The maximum Gasteiger partial charge on any atom is 0.325 e. The fourth-order valence-electron chi connectivity index (χ4n) is 8.06. The smallest absolute Gasteiger partial charge is 0.325 e. The molecule has 0 atom stereocenters. The van der Waals surface area contributed by atoms with E-state index in [1.807, 2.05) is 84.1 Å². The van der Waals surface area contributed by atoms with Gasteiger partial charge in [0.15, 0.2) is 0 Å². The van der Waals surface area contributed by atoms with Crippen molar-refractivity contribution in [3.8, 4) is 0 Å². The Bertz CT molecular complexity index is 4320. The van der Waals surface area contributed by atoms with Gasteiger partial charge in [-0.05, 0) is 230 Å². The van der Waals surface area contributed by atoms with Gasteiger partial charge in [-0.25, -0.2) is 37.3 Å². The second-order valence-electron chi connectivity index (χ2n) is 24.2. The van der Waals surface area contributed by atoms with Gasteiger partial charge in [-0.2, -0.15) is 5.10 Å². The quantitative estimate of drug-likeness (QED) is 0.0443. The van der Waals surface area contributed by atoms with Crippen molar-refractivity contribution in [2.75, 3.05) is 30.3 Å². The molecule has 0 spiro atoms. The number of aromatic nitrogens is 8. The summed E-state index contributed by atoms with van der Waals surface area (Å²) in [5.74, 6) is -0.217. The van der Waals surface area contributed by atoms with Crippen LogP contribution in [-0.4, -0.2) is 53.2 Å². The summed E-state index contributed by atoms with van der Waals surface area (Å²) in [6.45, 7) is 26.3. The van der Waals surface area contributed by atoms with Gasteiger partial charge < -0.3 is 50.4 Å². The Labute approximate surface area is 619 Å². The summed E-state index contributed by atoms with van der Waals surface area (Å²) >= 11 is 11.3. The van der Waals surface area contributed by atoms with Gasteiger partial charge >= 0.3 is 5.69 Å². The number of aryl methyl sites for hydroxylation is 11. The molecule has 0 bridgehead atoms. The first kappa shape index (κ1) is 89.9. The molecule has 1 aliphatic carbocycles. The van der Waals surface area contributed by atoms with Crippen molar-refractivity contribution in [3.63, 3.8) is 0 Å². The number of nitrogen functional groups attached to an aromatic ring is 3. The van der Waals surface area contributed by atoms with E-state index in [0.717, 1.165) is 69.6 Å². The van der Waals surface area contributed by atoms with Crippen LogP contribution < -0.4 is 56.7 Å². The zero-order chi connectivity index (χ0) is 77.7. The highest BCUT2D eigenvalue weighted by atomic mass is 35.5. The molecule has 13 rings (SSSR count). The number of nitrogens with zero attached hydrogens (tertiary/aromatic N) is 5. The SMILES string of the molecule is CC1=CCNCC1.Cc1c[nH]c(=O)[nH]c1=O.Cc1cc(CN)ccc1F.Cc1ccc(C2(N)CC2)cc1.Cc1ccc(Cl)c(N)c1.Cc1ccc(Cl)cc1N.Cc1ccc(F)cc1CN.Cc1cccc(CN)c1F.Cc1cccnc1N.Cc1cn[nH]c1.Cc1cncc(F)c1.Cc1cncnc1. The molecule has 18 N–H and O–H groups in total. The van der Waals surface area contributed by atoms with Crippen LogP contribution >= 0.6 is 23.2 Å². The molecule has 1 fully saturated rings. The molecule has 5 aromatic heterocycles. The molecule has 18 nitrogen and oxygen atoms in total. The van der Waals surface area contributed by atoms with E-state index < -0.39 is 5.69 Å². The molecule has 0 amide bonds. The molecule has 6 heterocycles. The van der Waals surface area contributed by atoms with Gasteiger partial charge in [0, 0.05) is 90.7 Å². The van der Waals surface area contributed by atoms with Crippen LogP contribution in [0, 0.1) is 99.4 Å². The molecule has 24 heteroatoms. The summed E-state index contributed by atoms with van der Waals surface area (Å²) in [5, 5.41) is 10.9. The topological polar surface area (TPSA) is 340 Å². The van der Waals surface area contributed by atoms with Crippen molar-refractivity contribution >= 4 is 40.4 Å². The Morgan fingerprint density at radius 1 is 0.529 bits per heavy atom. The average molecular weight is 1470 g/mol. The first-order valence-corrected chi connectivity index (χ1v) is 33.9. The van der Waals surface area contributed by atoms with Crippen molar-refractivity contribution in [2.24, 2.45) is 22.9 Å². The molecule has 104 heavy (non-hydrogen) atoms. The Kier molecular flexibility index (Phi) is 42.7. The lowest BCUT2D eigenvalue weighted by atomic mass is 10.0. The van der Waals surface area contributed by atoms with E-state index in [9.17, 15) is 27.2 Å². The fourth-order valence-corrected chi connectivity index (χ4v) is 8.36. The highest BCUT2D eigenvalue weighted by Gasteiger charge is 2.39. The van der Waals surface area contributed by atoms with E-state index in [-0.39, 0.29) is 40.9 Å². The van der Waals surface area contributed by atoms with Crippen LogP contribution in [0.15, 0.2) is 211 Å². The average Bonchev–Trinajstić information content (AvgIpc) is 1.64. The van der Waals surface area contributed by atoms with Gasteiger partial charge in [0.25, 0.3) is 5.56 Å². The van der Waals surface area contributed by atoms with E-state index in [1.54, 1.807) is 107 Å². The number of halogens is 6. The number of hydrogen-bond acceptors (Lipinski definition) is 15. The summed E-state index contributed by atoms with van der Waals surface area (Å²) in [7, 11) is 0. The summed E-state index contributed by atoms with van der Waals surface area (Å²) < 4.78 is 50.1. The maximum absolute atomic E-state index is 12.9. The standard InChI is InChI=1S/C10H13N.3C8H10FN.2C7H8ClN.C6H6FN.C6H8N2.C6H11N.C5H6N2O2.C5H6N2.C4H6N2/c1-8-2-4-9(5-3-8)10(11)6-7-10;1-6-4-7(5-10)2-3-8(6)9;1-6-2-3-8(9)4-7(6)5-10;1-6-3-2-4-7(5-10)8(6)9;1-5-2-3-6(8)4-7(5)9;1-5-2-3-6(8)7(9)4-5;1-5-2-6(7)4-8-3-5;1-5-3-2-4-8-6(5)7;1-6-2-4-7-5-3-6;1-3-2-6-5(9)7-4(3)8;1-5-2-6-4-7-3-5;1-4-2-5-6-3-4/h2-5H,6-7,11H2,1H3;3*2-4H,5,10H2,1H3;2*2-4H,9H2,1H3;2-4H,1H3;2-4H,1H3,(H2,7,8);2,7H,3-5H2,1H3;2H,1H3,(H2,6,7,8,9);2-4H,1H3;2-3H,1H3,(H,5,6). The van der Waals surface area contributed by atoms with Crippen molar-refractivity contribution in [2.45, 2.75) is 128 Å². The number of hydrogen-bond donors (Lipinski definition) is 11. The van der Waals surface area contributed by atoms with Crippen LogP contribution in [0.2, 0.25) is 10.0 Å². The maximum atomic E-state index is 12.9. The fraction of sp³-hybridized carbons (Fsp3) is 0.263. The van der Waals surface area contributed by atoms with E-state index in [2.05, 4.69) is 89.6 Å². The van der Waals surface area contributed by atoms with Gasteiger partial charge in [-0.15, -0.1) is 0 Å². The summed E-state index contributed by atoms with van der Waals surface area (Å²) in [5.41, 5.74) is 54.9. The van der Waals surface area contributed by atoms with Crippen LogP contribution in [0.3, 0.4) is 0 Å². The molecule has 0 unspecified atom stereocenters. The van der Waals surface area contributed by atoms with E-state index in [1.165, 1.54) is 78.2 Å². The third-order valence-corrected chi connectivity index (χ3v) is 15.4. The molecule has 1 saturated carbocycles. The number of anilines is 3. The van der Waals surface area contributed by atoms with E-state index in [4.69, 9.17) is 63.3 Å². The predicted molar refractivity (Wildman–Crippen MR) is 421 cm³/mol. The van der Waals surface area contributed by atoms with Crippen molar-refractivity contribution in [1.29, 1.82) is 0 Å². The normalized spacial score (nSPS) is 11.4. The highest BCUT2D eigenvalue weighted by molar-refractivity contribution is 6.33. The lowest BCUT2D eigenvalue weighted by Gasteiger charge is -2.08.